The number of aromatic nitrogens is 3. The first-order valence-corrected chi connectivity index (χ1v) is 7.41. The minimum atomic E-state index is 0.0416. The van der Waals surface area contributed by atoms with E-state index in [9.17, 15) is 0 Å². The molecule has 6 heteroatoms. The molecule has 0 aliphatic heterocycles. The van der Waals surface area contributed by atoms with Gasteiger partial charge in [-0.3, -0.25) is 0 Å². The van der Waals surface area contributed by atoms with Crippen molar-refractivity contribution in [1.82, 2.24) is 15.0 Å². The maximum Gasteiger partial charge on any atom is 0.323 e. The molecule has 114 valence electrons. The van der Waals surface area contributed by atoms with Crippen LogP contribution in [0.4, 0.5) is 11.9 Å². The zero-order valence-corrected chi connectivity index (χ0v) is 13.2. The van der Waals surface area contributed by atoms with Crippen molar-refractivity contribution in [2.75, 3.05) is 23.7 Å². The van der Waals surface area contributed by atoms with Crippen molar-refractivity contribution in [3.8, 4) is 6.01 Å². The van der Waals surface area contributed by atoms with Gasteiger partial charge < -0.3 is 15.4 Å². The molecule has 0 bridgehead atoms. The van der Waals surface area contributed by atoms with E-state index in [2.05, 4.69) is 46.4 Å². The first-order chi connectivity index (χ1) is 9.51. The predicted octanol–water partition coefficient (Wildman–Crippen LogP) is 2.94. The molecule has 0 atom stereocenters. The molecule has 0 amide bonds. The van der Waals surface area contributed by atoms with Crippen LogP contribution in [0, 0.1) is 5.92 Å². The average molecular weight is 281 g/mol. The summed E-state index contributed by atoms with van der Waals surface area (Å²) in [4.78, 5) is 12.9. The molecular formula is C14H27N5O. The van der Waals surface area contributed by atoms with Gasteiger partial charge in [0.15, 0.2) is 0 Å². The van der Waals surface area contributed by atoms with Crippen LogP contribution in [0.25, 0.3) is 0 Å². The molecule has 0 fully saturated rings. The molecule has 0 aromatic carbocycles. The third-order valence-corrected chi connectivity index (χ3v) is 2.49. The molecule has 0 aliphatic rings. The topological polar surface area (TPSA) is 72.0 Å². The Kier molecular flexibility index (Phi) is 7.04. The number of hydrogen-bond donors (Lipinski definition) is 2. The molecule has 0 saturated carbocycles. The van der Waals surface area contributed by atoms with Crippen molar-refractivity contribution < 1.29 is 4.74 Å². The van der Waals surface area contributed by atoms with Gasteiger partial charge in [-0.15, -0.1) is 0 Å². The normalized spacial score (nSPS) is 10.9. The highest BCUT2D eigenvalue weighted by atomic mass is 16.5. The Labute approximate surface area is 121 Å². The molecule has 1 rings (SSSR count). The molecule has 0 saturated heterocycles. The largest absolute Gasteiger partial charge is 0.461 e. The van der Waals surface area contributed by atoms with E-state index in [0.717, 1.165) is 25.9 Å². The fourth-order valence-corrected chi connectivity index (χ4v) is 1.49. The highest BCUT2D eigenvalue weighted by molar-refractivity contribution is 5.35. The lowest BCUT2D eigenvalue weighted by atomic mass is 10.1. The third-order valence-electron chi connectivity index (χ3n) is 2.49. The van der Waals surface area contributed by atoms with Gasteiger partial charge in [0.05, 0.1) is 6.10 Å². The Bertz CT molecular complexity index is 395. The molecule has 1 aromatic heterocycles. The van der Waals surface area contributed by atoms with E-state index in [1.165, 1.54) is 0 Å². The summed E-state index contributed by atoms with van der Waals surface area (Å²) in [5.41, 5.74) is 0. The van der Waals surface area contributed by atoms with E-state index < -0.39 is 0 Å². The molecular weight excluding hydrogens is 254 g/mol. The minimum absolute atomic E-state index is 0.0416. The maximum atomic E-state index is 5.56. The van der Waals surface area contributed by atoms with E-state index in [0.29, 0.717) is 23.8 Å². The van der Waals surface area contributed by atoms with Crippen LogP contribution in [-0.4, -0.2) is 34.1 Å². The summed E-state index contributed by atoms with van der Waals surface area (Å²) in [6, 6.07) is 0.362. The average Bonchev–Trinajstić information content (AvgIpc) is 2.35. The van der Waals surface area contributed by atoms with Crippen molar-refractivity contribution in [3.63, 3.8) is 0 Å². The van der Waals surface area contributed by atoms with E-state index in [-0.39, 0.29) is 6.10 Å². The summed E-state index contributed by atoms with van der Waals surface area (Å²) >= 11 is 0. The second-order valence-electron chi connectivity index (χ2n) is 5.47. The SMILES string of the molecule is CCCNc1nc(NCCC(C)C)nc(OC(C)C)n1. The Balaban J connectivity index is 2.74. The van der Waals surface area contributed by atoms with Crippen LogP contribution in [0.5, 0.6) is 6.01 Å². The van der Waals surface area contributed by atoms with Crippen LogP contribution in [0.3, 0.4) is 0 Å². The predicted molar refractivity (Wildman–Crippen MR) is 82.3 cm³/mol. The van der Waals surface area contributed by atoms with Gasteiger partial charge in [0.1, 0.15) is 0 Å². The lowest BCUT2D eigenvalue weighted by molar-refractivity contribution is 0.222. The van der Waals surface area contributed by atoms with Crippen LogP contribution in [-0.2, 0) is 0 Å². The number of rotatable bonds is 9. The van der Waals surface area contributed by atoms with Gasteiger partial charge >= 0.3 is 6.01 Å². The minimum Gasteiger partial charge on any atom is -0.461 e. The van der Waals surface area contributed by atoms with Gasteiger partial charge in [-0.25, -0.2) is 0 Å². The van der Waals surface area contributed by atoms with Gasteiger partial charge in [-0.05, 0) is 32.6 Å². The van der Waals surface area contributed by atoms with Crippen LogP contribution in [0.2, 0.25) is 0 Å². The van der Waals surface area contributed by atoms with Gasteiger partial charge in [0.2, 0.25) is 11.9 Å². The van der Waals surface area contributed by atoms with Crippen LogP contribution in [0.15, 0.2) is 0 Å². The van der Waals surface area contributed by atoms with Crippen molar-refractivity contribution in [2.45, 2.75) is 53.6 Å². The van der Waals surface area contributed by atoms with Crippen LogP contribution < -0.4 is 15.4 Å². The van der Waals surface area contributed by atoms with E-state index in [1.54, 1.807) is 0 Å². The Morgan fingerprint density at radius 2 is 1.55 bits per heavy atom. The second kappa shape index (κ2) is 8.55. The molecule has 1 heterocycles. The quantitative estimate of drug-likeness (QED) is 0.725. The molecule has 1 aromatic rings. The number of nitrogens with one attached hydrogen (secondary N) is 2. The maximum absolute atomic E-state index is 5.56. The first-order valence-electron chi connectivity index (χ1n) is 7.41. The van der Waals surface area contributed by atoms with Gasteiger partial charge in [0, 0.05) is 13.1 Å². The summed E-state index contributed by atoms with van der Waals surface area (Å²) in [5, 5.41) is 6.39. The summed E-state index contributed by atoms with van der Waals surface area (Å²) in [5.74, 6) is 1.77. The Morgan fingerprint density at radius 3 is 2.05 bits per heavy atom. The Morgan fingerprint density at radius 1 is 0.950 bits per heavy atom. The van der Waals surface area contributed by atoms with Crippen molar-refractivity contribution >= 4 is 11.9 Å². The van der Waals surface area contributed by atoms with Crippen LogP contribution >= 0.6 is 0 Å². The van der Waals surface area contributed by atoms with Crippen molar-refractivity contribution in [3.05, 3.63) is 0 Å². The number of hydrogen-bond acceptors (Lipinski definition) is 6. The summed E-state index contributed by atoms with van der Waals surface area (Å²) in [7, 11) is 0. The third kappa shape index (κ3) is 6.54. The standard InChI is InChI=1S/C14H27N5O/c1-6-8-15-12-17-13(16-9-7-10(2)3)19-14(18-12)20-11(4)5/h10-11H,6-9H2,1-5H3,(H2,15,16,17,18,19). The zero-order chi connectivity index (χ0) is 15.0. The van der Waals surface area contributed by atoms with Gasteiger partial charge in [0.25, 0.3) is 0 Å². The highest BCUT2D eigenvalue weighted by Crippen LogP contribution is 2.13. The lowest BCUT2D eigenvalue weighted by Crippen LogP contribution is -2.15. The summed E-state index contributed by atoms with van der Waals surface area (Å²) < 4.78 is 5.56. The highest BCUT2D eigenvalue weighted by Gasteiger charge is 2.08. The van der Waals surface area contributed by atoms with Crippen molar-refractivity contribution in [1.29, 1.82) is 0 Å². The van der Waals surface area contributed by atoms with Gasteiger partial charge in [-0.1, -0.05) is 20.8 Å². The molecule has 20 heavy (non-hydrogen) atoms. The summed E-state index contributed by atoms with van der Waals surface area (Å²) in [6.07, 6.45) is 2.13. The Hall–Kier alpha value is -1.59. The van der Waals surface area contributed by atoms with E-state index in [1.807, 2.05) is 13.8 Å². The molecule has 0 unspecified atom stereocenters. The lowest BCUT2D eigenvalue weighted by Gasteiger charge is -2.12. The fourth-order valence-electron chi connectivity index (χ4n) is 1.49. The fraction of sp³-hybridized carbons (Fsp3) is 0.786. The molecule has 0 aliphatic carbocycles. The zero-order valence-electron chi connectivity index (χ0n) is 13.2. The van der Waals surface area contributed by atoms with Gasteiger partial charge in [-0.2, -0.15) is 15.0 Å². The molecule has 0 radical (unpaired) electrons. The number of nitrogens with zero attached hydrogens (tertiary/aromatic N) is 3. The van der Waals surface area contributed by atoms with E-state index in [4.69, 9.17) is 4.74 Å². The van der Waals surface area contributed by atoms with Crippen molar-refractivity contribution in [2.24, 2.45) is 5.92 Å². The molecule has 2 N–H and O–H groups in total. The van der Waals surface area contributed by atoms with E-state index >= 15 is 0 Å². The number of ether oxygens (including phenoxy) is 1. The number of anilines is 2. The van der Waals surface area contributed by atoms with Crippen LogP contribution in [0.1, 0.15) is 47.5 Å². The monoisotopic (exact) mass is 281 g/mol. The first kappa shape index (κ1) is 16.5. The second-order valence-corrected chi connectivity index (χ2v) is 5.47. The molecule has 0 spiro atoms. The smallest absolute Gasteiger partial charge is 0.323 e. The molecule has 6 nitrogen and oxygen atoms in total. The summed E-state index contributed by atoms with van der Waals surface area (Å²) in [6.45, 7) is 12.1.